The van der Waals surface area contributed by atoms with Crippen molar-refractivity contribution in [3.63, 3.8) is 0 Å². The highest BCUT2D eigenvalue weighted by Crippen LogP contribution is 2.27. The summed E-state index contributed by atoms with van der Waals surface area (Å²) >= 11 is 0. The third-order valence-corrected chi connectivity index (χ3v) is 3.31. The van der Waals surface area contributed by atoms with Gasteiger partial charge in [0.15, 0.2) is 11.5 Å². The Bertz CT molecular complexity index is 748. The number of hydrogen-bond donors (Lipinski definition) is 3. The molecule has 3 nitrogen and oxygen atoms in total. The van der Waals surface area contributed by atoms with Gasteiger partial charge in [-0.1, -0.05) is 42.5 Å². The van der Waals surface area contributed by atoms with Gasteiger partial charge < -0.3 is 15.5 Å². The molecule has 0 heterocycles. The molecule has 100 valence electrons. The molecule has 3 N–H and O–H groups in total. The predicted octanol–water partition coefficient (Wildman–Crippen LogP) is 3.86. The Morgan fingerprint density at radius 1 is 0.800 bits per heavy atom. The second-order valence-corrected chi connectivity index (χ2v) is 4.70. The van der Waals surface area contributed by atoms with Crippen LogP contribution in [0.5, 0.6) is 11.5 Å². The Hall–Kier alpha value is -2.68. The Labute approximate surface area is 117 Å². The SMILES string of the molecule is Oc1ccc(CNc2cccc3ccccc23)cc1O. The minimum atomic E-state index is -0.0982. The molecule has 3 rings (SSSR count). The van der Waals surface area contributed by atoms with Gasteiger partial charge in [0, 0.05) is 17.6 Å². The van der Waals surface area contributed by atoms with Crippen molar-refractivity contribution in [2.24, 2.45) is 0 Å². The van der Waals surface area contributed by atoms with E-state index in [1.165, 1.54) is 11.5 Å². The summed E-state index contributed by atoms with van der Waals surface area (Å²) in [6, 6.07) is 19.1. The van der Waals surface area contributed by atoms with E-state index in [9.17, 15) is 10.2 Å². The molecule has 0 unspecified atom stereocenters. The third-order valence-electron chi connectivity index (χ3n) is 3.31. The van der Waals surface area contributed by atoms with Crippen LogP contribution in [0.3, 0.4) is 0 Å². The molecule has 0 saturated carbocycles. The van der Waals surface area contributed by atoms with E-state index in [0.717, 1.165) is 16.6 Å². The minimum absolute atomic E-state index is 0.0952. The number of anilines is 1. The summed E-state index contributed by atoms with van der Waals surface area (Å²) in [6.07, 6.45) is 0. The smallest absolute Gasteiger partial charge is 0.157 e. The van der Waals surface area contributed by atoms with Gasteiger partial charge in [-0.3, -0.25) is 0 Å². The lowest BCUT2D eigenvalue weighted by Gasteiger charge is -2.10. The number of benzene rings is 3. The van der Waals surface area contributed by atoms with Crippen molar-refractivity contribution in [1.29, 1.82) is 0 Å². The van der Waals surface area contributed by atoms with Gasteiger partial charge in [-0.25, -0.2) is 0 Å². The van der Waals surface area contributed by atoms with Crippen LogP contribution >= 0.6 is 0 Å². The second-order valence-electron chi connectivity index (χ2n) is 4.70. The van der Waals surface area contributed by atoms with Crippen molar-refractivity contribution in [1.82, 2.24) is 0 Å². The molecule has 0 radical (unpaired) electrons. The van der Waals surface area contributed by atoms with Gasteiger partial charge in [-0.15, -0.1) is 0 Å². The van der Waals surface area contributed by atoms with Crippen LogP contribution in [0.15, 0.2) is 60.7 Å². The van der Waals surface area contributed by atoms with Gasteiger partial charge in [-0.2, -0.15) is 0 Å². The molecule has 0 aliphatic rings. The zero-order chi connectivity index (χ0) is 13.9. The summed E-state index contributed by atoms with van der Waals surface area (Å²) in [5, 5.41) is 24.5. The maximum Gasteiger partial charge on any atom is 0.157 e. The molecular formula is C17H15NO2. The van der Waals surface area contributed by atoms with Crippen LogP contribution in [0.1, 0.15) is 5.56 Å². The maximum atomic E-state index is 9.49. The summed E-state index contributed by atoms with van der Waals surface area (Å²) in [4.78, 5) is 0. The van der Waals surface area contributed by atoms with Crippen molar-refractivity contribution in [2.45, 2.75) is 6.54 Å². The highest BCUT2D eigenvalue weighted by Gasteiger charge is 2.02. The van der Waals surface area contributed by atoms with E-state index in [1.54, 1.807) is 12.1 Å². The normalized spacial score (nSPS) is 10.6. The molecule has 0 aromatic heterocycles. The second kappa shape index (κ2) is 5.13. The van der Waals surface area contributed by atoms with Gasteiger partial charge in [-0.05, 0) is 29.1 Å². The van der Waals surface area contributed by atoms with E-state index < -0.39 is 0 Å². The first-order valence-electron chi connectivity index (χ1n) is 6.46. The standard InChI is InChI=1S/C17H15NO2/c19-16-9-8-12(10-17(16)20)11-18-15-7-3-5-13-4-1-2-6-14(13)15/h1-10,18-20H,11H2. The van der Waals surface area contributed by atoms with E-state index in [4.69, 9.17) is 0 Å². The van der Waals surface area contributed by atoms with Gasteiger partial charge in [0.05, 0.1) is 0 Å². The zero-order valence-corrected chi connectivity index (χ0v) is 10.9. The molecule has 0 saturated heterocycles. The van der Waals surface area contributed by atoms with Crippen LogP contribution < -0.4 is 5.32 Å². The minimum Gasteiger partial charge on any atom is -0.504 e. The van der Waals surface area contributed by atoms with E-state index in [0.29, 0.717) is 6.54 Å². The van der Waals surface area contributed by atoms with Crippen molar-refractivity contribution in [3.05, 3.63) is 66.2 Å². The van der Waals surface area contributed by atoms with Gasteiger partial charge in [0.25, 0.3) is 0 Å². The Morgan fingerprint density at radius 3 is 2.45 bits per heavy atom. The summed E-state index contributed by atoms with van der Waals surface area (Å²) in [5.74, 6) is -0.193. The molecule has 0 bridgehead atoms. The first kappa shape index (κ1) is 12.4. The predicted molar refractivity (Wildman–Crippen MR) is 81.0 cm³/mol. The molecule has 0 aliphatic heterocycles. The lowest BCUT2D eigenvalue weighted by Crippen LogP contribution is -1.99. The zero-order valence-electron chi connectivity index (χ0n) is 10.9. The van der Waals surface area contributed by atoms with E-state index in [2.05, 4.69) is 23.5 Å². The Balaban J connectivity index is 1.85. The number of fused-ring (bicyclic) bond motifs is 1. The van der Waals surface area contributed by atoms with Gasteiger partial charge in [0.2, 0.25) is 0 Å². The van der Waals surface area contributed by atoms with Crippen LogP contribution in [0, 0.1) is 0 Å². The van der Waals surface area contributed by atoms with Gasteiger partial charge >= 0.3 is 0 Å². The number of nitrogens with one attached hydrogen (secondary N) is 1. The number of phenolic OH excluding ortho intramolecular Hbond substituents is 2. The summed E-state index contributed by atoms with van der Waals surface area (Å²) < 4.78 is 0. The molecule has 3 heteroatoms. The topological polar surface area (TPSA) is 52.5 Å². The summed E-state index contributed by atoms with van der Waals surface area (Å²) in [7, 11) is 0. The number of rotatable bonds is 3. The van der Waals surface area contributed by atoms with Crippen molar-refractivity contribution in [2.75, 3.05) is 5.32 Å². The lowest BCUT2D eigenvalue weighted by molar-refractivity contribution is 0.403. The van der Waals surface area contributed by atoms with Crippen LogP contribution in [0.2, 0.25) is 0 Å². The Morgan fingerprint density at radius 2 is 1.60 bits per heavy atom. The first-order chi connectivity index (χ1) is 9.74. The highest BCUT2D eigenvalue weighted by atomic mass is 16.3. The number of aromatic hydroxyl groups is 2. The number of phenols is 2. The summed E-state index contributed by atoms with van der Waals surface area (Å²) in [5.41, 5.74) is 1.96. The fourth-order valence-electron chi connectivity index (χ4n) is 2.26. The lowest BCUT2D eigenvalue weighted by atomic mass is 10.1. The quantitative estimate of drug-likeness (QED) is 0.630. The third kappa shape index (κ3) is 2.38. The van der Waals surface area contributed by atoms with Crippen LogP contribution in [-0.2, 0) is 6.54 Å². The average Bonchev–Trinajstić information content (AvgIpc) is 2.48. The van der Waals surface area contributed by atoms with Crippen molar-refractivity contribution >= 4 is 16.5 Å². The molecule has 20 heavy (non-hydrogen) atoms. The van der Waals surface area contributed by atoms with Crippen molar-refractivity contribution < 1.29 is 10.2 Å². The fraction of sp³-hybridized carbons (Fsp3) is 0.0588. The molecule has 0 fully saturated rings. The molecule has 0 atom stereocenters. The van der Waals surface area contributed by atoms with Crippen LogP contribution in [-0.4, -0.2) is 10.2 Å². The average molecular weight is 265 g/mol. The maximum absolute atomic E-state index is 9.49. The largest absolute Gasteiger partial charge is 0.504 e. The summed E-state index contributed by atoms with van der Waals surface area (Å²) in [6.45, 7) is 0.585. The first-order valence-corrected chi connectivity index (χ1v) is 6.46. The monoisotopic (exact) mass is 265 g/mol. The van der Waals surface area contributed by atoms with Crippen LogP contribution in [0.4, 0.5) is 5.69 Å². The fourth-order valence-corrected chi connectivity index (χ4v) is 2.26. The molecule has 3 aromatic rings. The molecule has 0 aliphatic carbocycles. The molecule has 3 aromatic carbocycles. The van der Waals surface area contributed by atoms with Crippen LogP contribution in [0.25, 0.3) is 10.8 Å². The highest BCUT2D eigenvalue weighted by molar-refractivity contribution is 5.93. The molecule has 0 spiro atoms. The van der Waals surface area contributed by atoms with E-state index >= 15 is 0 Å². The molecule has 0 amide bonds. The van der Waals surface area contributed by atoms with E-state index in [-0.39, 0.29) is 11.5 Å². The Kier molecular flexibility index (Phi) is 3.17. The van der Waals surface area contributed by atoms with Gasteiger partial charge in [0.1, 0.15) is 0 Å². The molecular weight excluding hydrogens is 250 g/mol. The van der Waals surface area contributed by atoms with Crippen molar-refractivity contribution in [3.8, 4) is 11.5 Å². The van der Waals surface area contributed by atoms with E-state index in [1.807, 2.05) is 24.3 Å². The number of hydrogen-bond acceptors (Lipinski definition) is 3.